The van der Waals surface area contributed by atoms with E-state index in [1.54, 1.807) is 32.0 Å². The van der Waals surface area contributed by atoms with Crippen molar-refractivity contribution < 1.29 is 23.9 Å². The highest BCUT2D eigenvalue weighted by atomic mass is 32.1. The van der Waals surface area contributed by atoms with Crippen molar-refractivity contribution in [3.8, 4) is 0 Å². The summed E-state index contributed by atoms with van der Waals surface area (Å²) < 4.78 is 5.05. The molecule has 2 heterocycles. The number of anilines is 1. The summed E-state index contributed by atoms with van der Waals surface area (Å²) in [4.78, 5) is 52.1. The number of hydrogen-bond donors (Lipinski definition) is 2. The largest absolute Gasteiger partial charge is 0.462 e. The number of esters is 1. The number of ether oxygens (including phenoxy) is 1. The van der Waals surface area contributed by atoms with Crippen LogP contribution in [0.4, 0.5) is 9.80 Å². The van der Waals surface area contributed by atoms with Crippen LogP contribution in [0.15, 0.2) is 30.3 Å². The Morgan fingerprint density at radius 1 is 1.19 bits per heavy atom. The van der Waals surface area contributed by atoms with Gasteiger partial charge in [0.25, 0.3) is 5.91 Å². The van der Waals surface area contributed by atoms with Gasteiger partial charge in [-0.15, -0.1) is 11.3 Å². The Kier molecular flexibility index (Phi) is 6.45. The zero-order chi connectivity index (χ0) is 22.8. The molecule has 2 aromatic rings. The maximum atomic E-state index is 13.0. The molecule has 1 fully saturated rings. The van der Waals surface area contributed by atoms with Crippen molar-refractivity contribution in [1.29, 1.82) is 0 Å². The highest BCUT2D eigenvalue weighted by molar-refractivity contribution is 7.16. The van der Waals surface area contributed by atoms with Gasteiger partial charge in [-0.2, -0.15) is 0 Å². The summed E-state index contributed by atoms with van der Waals surface area (Å²) in [5.74, 6) is -1.62. The zero-order valence-electron chi connectivity index (χ0n) is 17.9. The maximum absolute atomic E-state index is 13.0. The van der Waals surface area contributed by atoms with Crippen LogP contribution >= 0.6 is 11.3 Å². The fourth-order valence-electron chi connectivity index (χ4n) is 3.30. The molecular weight excluding hydrogens is 418 g/mol. The monoisotopic (exact) mass is 443 g/mol. The number of nitrogens with one attached hydrogen (secondary N) is 2. The van der Waals surface area contributed by atoms with Gasteiger partial charge in [0.2, 0.25) is 5.91 Å². The minimum Gasteiger partial charge on any atom is -0.462 e. The lowest BCUT2D eigenvalue weighted by Gasteiger charge is -2.22. The quantitative estimate of drug-likeness (QED) is 0.505. The van der Waals surface area contributed by atoms with E-state index in [4.69, 9.17) is 4.74 Å². The SMILES string of the molecule is CCOC(=O)c1cc(CC)sc1NC(=O)CN1C(=O)N[C@](C)(c2ccc(C)cc2)C1=O. The standard InChI is InChI=1S/C22H25N3O5S/c1-5-15-11-16(19(27)30-6-2)18(31-15)23-17(26)12-25-20(28)22(4,24-21(25)29)14-9-7-13(3)8-10-14/h7-11H,5-6,12H2,1-4H3,(H,23,26)(H,24,29)/t22-/m1/s1. The summed E-state index contributed by atoms with van der Waals surface area (Å²) in [6.07, 6.45) is 0.689. The number of amides is 4. The Morgan fingerprint density at radius 2 is 1.87 bits per heavy atom. The fourth-order valence-corrected chi connectivity index (χ4v) is 4.30. The first-order chi connectivity index (χ1) is 14.7. The van der Waals surface area contributed by atoms with E-state index in [0.29, 0.717) is 17.0 Å². The van der Waals surface area contributed by atoms with E-state index in [1.165, 1.54) is 11.3 Å². The van der Waals surface area contributed by atoms with Crippen LogP contribution in [0, 0.1) is 6.92 Å². The van der Waals surface area contributed by atoms with Gasteiger partial charge < -0.3 is 15.4 Å². The Morgan fingerprint density at radius 3 is 2.48 bits per heavy atom. The second-order valence-electron chi connectivity index (χ2n) is 7.39. The van der Waals surface area contributed by atoms with Gasteiger partial charge in [-0.3, -0.25) is 14.5 Å². The van der Waals surface area contributed by atoms with Gasteiger partial charge in [0.1, 0.15) is 17.1 Å². The first-order valence-electron chi connectivity index (χ1n) is 10.0. The molecule has 4 amide bonds. The molecule has 0 aliphatic carbocycles. The first-order valence-corrected chi connectivity index (χ1v) is 10.8. The van der Waals surface area contributed by atoms with Crippen molar-refractivity contribution in [3.05, 3.63) is 51.9 Å². The molecule has 8 nitrogen and oxygen atoms in total. The minimum atomic E-state index is -1.25. The number of carbonyl (C=O) groups excluding carboxylic acids is 4. The second-order valence-corrected chi connectivity index (χ2v) is 8.53. The Labute approximate surface area is 184 Å². The Bertz CT molecular complexity index is 1030. The summed E-state index contributed by atoms with van der Waals surface area (Å²) >= 11 is 1.26. The summed E-state index contributed by atoms with van der Waals surface area (Å²) in [7, 11) is 0. The molecule has 0 radical (unpaired) electrons. The third-order valence-electron chi connectivity index (χ3n) is 5.09. The lowest BCUT2D eigenvalue weighted by Crippen LogP contribution is -2.42. The summed E-state index contributed by atoms with van der Waals surface area (Å²) in [5, 5.41) is 5.67. The molecule has 0 saturated carbocycles. The normalized spacial score (nSPS) is 18.1. The molecule has 1 aliphatic rings. The van der Waals surface area contributed by atoms with Crippen molar-refractivity contribution in [3.63, 3.8) is 0 Å². The van der Waals surface area contributed by atoms with Crippen molar-refractivity contribution in [2.75, 3.05) is 18.5 Å². The molecule has 31 heavy (non-hydrogen) atoms. The van der Waals surface area contributed by atoms with Crippen LogP contribution in [0.3, 0.4) is 0 Å². The van der Waals surface area contributed by atoms with E-state index in [0.717, 1.165) is 15.3 Å². The van der Waals surface area contributed by atoms with Gasteiger partial charge in [-0.1, -0.05) is 36.8 Å². The predicted molar refractivity (Wildman–Crippen MR) is 117 cm³/mol. The zero-order valence-corrected chi connectivity index (χ0v) is 18.7. The van der Waals surface area contributed by atoms with Gasteiger partial charge in [-0.05, 0) is 38.8 Å². The molecule has 0 unspecified atom stereocenters. The predicted octanol–water partition coefficient (Wildman–Crippen LogP) is 3.20. The molecule has 1 saturated heterocycles. The number of aryl methyl sites for hydroxylation is 2. The lowest BCUT2D eigenvalue weighted by molar-refractivity contribution is -0.133. The van der Waals surface area contributed by atoms with Crippen LogP contribution in [0.5, 0.6) is 0 Å². The molecule has 1 aromatic heterocycles. The molecule has 0 bridgehead atoms. The Hall–Kier alpha value is -3.20. The third-order valence-corrected chi connectivity index (χ3v) is 6.28. The average molecular weight is 444 g/mol. The van der Waals surface area contributed by atoms with Crippen molar-refractivity contribution in [2.45, 2.75) is 39.7 Å². The van der Waals surface area contributed by atoms with Crippen molar-refractivity contribution in [2.24, 2.45) is 0 Å². The molecule has 1 aromatic carbocycles. The smallest absolute Gasteiger partial charge is 0.341 e. The molecule has 2 N–H and O–H groups in total. The number of hydrogen-bond acceptors (Lipinski definition) is 6. The number of nitrogens with zero attached hydrogens (tertiary/aromatic N) is 1. The van der Waals surface area contributed by atoms with Crippen LogP contribution < -0.4 is 10.6 Å². The highest BCUT2D eigenvalue weighted by Gasteiger charge is 2.49. The fraction of sp³-hybridized carbons (Fsp3) is 0.364. The number of benzene rings is 1. The summed E-state index contributed by atoms with van der Waals surface area (Å²) in [6.45, 7) is 6.92. The second kappa shape index (κ2) is 8.89. The topological polar surface area (TPSA) is 105 Å². The molecule has 164 valence electrons. The van der Waals surface area contributed by atoms with Gasteiger partial charge >= 0.3 is 12.0 Å². The molecular formula is C22H25N3O5S. The molecule has 1 atom stereocenters. The average Bonchev–Trinajstić information content (AvgIpc) is 3.23. The van der Waals surface area contributed by atoms with Crippen LogP contribution in [0.25, 0.3) is 0 Å². The van der Waals surface area contributed by atoms with Crippen molar-refractivity contribution >= 4 is 40.2 Å². The highest BCUT2D eigenvalue weighted by Crippen LogP contribution is 2.31. The number of rotatable bonds is 7. The van der Waals surface area contributed by atoms with Crippen LogP contribution in [-0.4, -0.2) is 41.9 Å². The third kappa shape index (κ3) is 4.46. The van der Waals surface area contributed by atoms with E-state index in [2.05, 4.69) is 10.6 Å². The Balaban J connectivity index is 1.76. The van der Waals surface area contributed by atoms with E-state index < -0.39 is 35.9 Å². The number of urea groups is 1. The molecule has 3 rings (SSSR count). The van der Waals surface area contributed by atoms with Gasteiger partial charge in [0.05, 0.1) is 12.2 Å². The van der Waals surface area contributed by atoms with Crippen LogP contribution in [0.2, 0.25) is 0 Å². The maximum Gasteiger partial charge on any atom is 0.341 e. The van der Waals surface area contributed by atoms with Crippen LogP contribution in [0.1, 0.15) is 47.1 Å². The summed E-state index contributed by atoms with van der Waals surface area (Å²) in [5.41, 5.74) is 0.674. The van der Waals surface area contributed by atoms with E-state index >= 15 is 0 Å². The molecule has 9 heteroatoms. The number of carbonyl (C=O) groups is 4. The van der Waals surface area contributed by atoms with E-state index in [1.807, 2.05) is 26.0 Å². The summed E-state index contributed by atoms with van der Waals surface area (Å²) in [6, 6.07) is 8.30. The van der Waals surface area contributed by atoms with E-state index in [-0.39, 0.29) is 12.2 Å². The van der Waals surface area contributed by atoms with Crippen LogP contribution in [-0.2, 0) is 26.3 Å². The minimum absolute atomic E-state index is 0.212. The van der Waals surface area contributed by atoms with Gasteiger partial charge in [0, 0.05) is 4.88 Å². The van der Waals surface area contributed by atoms with Gasteiger partial charge in [-0.25, -0.2) is 9.59 Å². The van der Waals surface area contributed by atoms with E-state index in [9.17, 15) is 19.2 Å². The first kappa shape index (κ1) is 22.5. The lowest BCUT2D eigenvalue weighted by atomic mass is 9.91. The number of thiophene rings is 1. The van der Waals surface area contributed by atoms with Crippen molar-refractivity contribution in [1.82, 2.24) is 10.2 Å². The molecule has 1 aliphatic heterocycles. The number of imide groups is 1. The van der Waals surface area contributed by atoms with Gasteiger partial charge in [0.15, 0.2) is 0 Å². The molecule has 0 spiro atoms.